The van der Waals surface area contributed by atoms with Gasteiger partial charge in [0.2, 0.25) is 0 Å². The molecule has 14 nitrogen and oxygen atoms in total. The van der Waals surface area contributed by atoms with Gasteiger partial charge in [-0.1, -0.05) is 82.3 Å². The van der Waals surface area contributed by atoms with Gasteiger partial charge in [-0.05, 0) is 83.8 Å². The number of ether oxygens (including phenoxy) is 5. The largest absolute Gasteiger partial charge is 0.458 e. The van der Waals surface area contributed by atoms with E-state index in [1.165, 1.54) is 13.1 Å². The van der Waals surface area contributed by atoms with Crippen LogP contribution in [0.2, 0.25) is 0 Å². The lowest BCUT2D eigenvalue weighted by Crippen LogP contribution is -2.60. The van der Waals surface area contributed by atoms with Crippen LogP contribution < -0.4 is 10.6 Å². The summed E-state index contributed by atoms with van der Waals surface area (Å²) in [5.41, 5.74) is -0.297. The Labute approximate surface area is 347 Å². The SMILES string of the molecule is CC[C@H]1OC(=O)C(C)C(=O)[C@H](C)[C@@H](O[C@@H]2O[C@H](C)C[C@H](N(C)C)[C@H]2O)[C@](C)(OC(=O)N/C=C/c2ccc(-c3ccccc3)cc2)C[C@@H](C)C(=O)[C@H](C)[C@H]2NC(=O)O[C@@]21C. The molecule has 2 amide bonds. The molecular weight excluding hydrogens is 759 g/mol. The van der Waals surface area contributed by atoms with Gasteiger partial charge in [-0.15, -0.1) is 0 Å². The number of rotatable bonds is 8. The molecule has 0 bridgehead atoms. The summed E-state index contributed by atoms with van der Waals surface area (Å²) in [6.45, 7) is 13.1. The minimum atomic E-state index is -1.76. The average molecular weight is 820 g/mol. The number of ketones is 2. The number of benzene rings is 2. The number of aliphatic hydroxyl groups is 1. The third-order valence-corrected chi connectivity index (χ3v) is 12.3. The highest BCUT2D eigenvalue weighted by Crippen LogP contribution is 2.40. The lowest BCUT2D eigenvalue weighted by Gasteiger charge is -2.47. The van der Waals surface area contributed by atoms with Gasteiger partial charge in [-0.25, -0.2) is 9.59 Å². The van der Waals surface area contributed by atoms with Crippen LogP contribution in [-0.4, -0.2) is 108 Å². The smallest absolute Gasteiger partial charge is 0.411 e. The monoisotopic (exact) mass is 819 g/mol. The highest BCUT2D eigenvalue weighted by molar-refractivity contribution is 6.00. The summed E-state index contributed by atoms with van der Waals surface area (Å²) in [5, 5.41) is 17.0. The second kappa shape index (κ2) is 18.7. The highest BCUT2D eigenvalue weighted by Gasteiger charge is 2.57. The Morgan fingerprint density at radius 2 is 1.59 bits per heavy atom. The van der Waals surface area contributed by atoms with Crippen LogP contribution in [0.1, 0.15) is 80.2 Å². The van der Waals surface area contributed by atoms with Gasteiger partial charge < -0.3 is 39.0 Å². The number of amides is 2. The van der Waals surface area contributed by atoms with E-state index in [1.807, 2.05) is 80.5 Å². The van der Waals surface area contributed by atoms with E-state index in [2.05, 4.69) is 10.6 Å². The summed E-state index contributed by atoms with van der Waals surface area (Å²) in [5.74, 6) is -5.97. The van der Waals surface area contributed by atoms with Crippen LogP contribution in [0.25, 0.3) is 17.2 Å². The number of likely N-dealkylation sites (N-methyl/N-ethyl adjacent to an activating group) is 1. The fraction of sp³-hybridized carbons (Fsp3) is 0.578. The summed E-state index contributed by atoms with van der Waals surface area (Å²) in [4.78, 5) is 71.1. The third kappa shape index (κ3) is 10.1. The molecule has 0 aliphatic carbocycles. The van der Waals surface area contributed by atoms with Crippen LogP contribution in [0.5, 0.6) is 0 Å². The lowest BCUT2D eigenvalue weighted by molar-refractivity contribution is -0.292. The van der Waals surface area contributed by atoms with Gasteiger partial charge in [0.25, 0.3) is 0 Å². The topological polar surface area (TPSA) is 179 Å². The number of cyclic esters (lactones) is 1. The fourth-order valence-corrected chi connectivity index (χ4v) is 8.95. The van der Waals surface area contributed by atoms with Gasteiger partial charge in [-0.2, -0.15) is 0 Å². The number of nitrogens with zero attached hydrogens (tertiary/aromatic N) is 1. The van der Waals surface area contributed by atoms with Crippen LogP contribution in [0.15, 0.2) is 60.8 Å². The van der Waals surface area contributed by atoms with Gasteiger partial charge in [0.1, 0.15) is 35.6 Å². The van der Waals surface area contributed by atoms with Crippen molar-refractivity contribution >= 4 is 35.8 Å². The molecule has 3 heterocycles. The first kappa shape index (κ1) is 45.5. The molecule has 3 N–H and O–H groups in total. The van der Waals surface area contributed by atoms with Crippen molar-refractivity contribution in [2.75, 3.05) is 14.1 Å². The minimum absolute atomic E-state index is 0.152. The van der Waals surface area contributed by atoms with Crippen molar-refractivity contribution in [2.45, 2.75) is 129 Å². The number of aliphatic hydroxyl groups excluding tert-OH is 1. The molecule has 3 aliphatic rings. The van der Waals surface area contributed by atoms with Crippen LogP contribution in [0.4, 0.5) is 9.59 Å². The number of hydrogen-bond acceptors (Lipinski definition) is 12. The number of carbonyl (C=O) groups is 5. The van der Waals surface area contributed by atoms with E-state index in [0.29, 0.717) is 6.42 Å². The number of esters is 1. The van der Waals surface area contributed by atoms with E-state index in [9.17, 15) is 29.1 Å². The standard InChI is InChI=1S/C45H61N3O11/c1-11-34-45(8)38(47-43(54)59-45)27(4)35(49)25(2)24-44(7,58-42(53)46-22-21-30-17-19-32(20-18-30)31-15-13-12-14-16-31)39(28(5)36(50)29(6)40(52)56-34)57-41-37(51)33(48(9)10)23-26(3)55-41/h12-22,25-29,33-34,37-39,41,51H,11,23-24H2,1-10H3,(H,46,53)(H,47,54)/b22-21+/t25-,26-,27+,28+,29?,33+,34-,37-,38-,39-,41+,44-,45-/m1/s1. The molecule has 5 rings (SSSR count). The molecule has 59 heavy (non-hydrogen) atoms. The maximum absolute atomic E-state index is 14.4. The molecular formula is C45H61N3O11. The Morgan fingerprint density at radius 1 is 0.949 bits per heavy atom. The molecule has 3 aliphatic heterocycles. The Morgan fingerprint density at radius 3 is 2.22 bits per heavy atom. The molecule has 2 aromatic carbocycles. The maximum Gasteiger partial charge on any atom is 0.411 e. The van der Waals surface area contributed by atoms with Crippen LogP contribution >= 0.6 is 0 Å². The lowest BCUT2D eigenvalue weighted by atomic mass is 9.73. The molecule has 0 spiro atoms. The predicted molar refractivity (Wildman–Crippen MR) is 220 cm³/mol. The molecule has 2 aromatic rings. The van der Waals surface area contributed by atoms with Crippen molar-refractivity contribution in [3.05, 3.63) is 66.4 Å². The molecule has 0 radical (unpaired) electrons. The van der Waals surface area contributed by atoms with Gasteiger partial charge in [-0.3, -0.25) is 19.7 Å². The highest BCUT2D eigenvalue weighted by atomic mass is 16.7. The summed E-state index contributed by atoms with van der Waals surface area (Å²) in [7, 11) is 3.65. The zero-order valence-electron chi connectivity index (χ0n) is 35.8. The Hall–Kier alpha value is -4.63. The number of nitrogens with one attached hydrogen (secondary N) is 2. The first-order chi connectivity index (χ1) is 27.8. The van der Waals surface area contributed by atoms with E-state index < -0.39 is 89.5 Å². The minimum Gasteiger partial charge on any atom is -0.458 e. The van der Waals surface area contributed by atoms with Crippen LogP contribution in [0.3, 0.4) is 0 Å². The second-order valence-electron chi connectivity index (χ2n) is 17.0. The van der Waals surface area contributed by atoms with E-state index >= 15 is 0 Å². The molecule has 3 fully saturated rings. The number of hydrogen-bond donors (Lipinski definition) is 3. The average Bonchev–Trinajstić information content (AvgIpc) is 3.52. The van der Waals surface area contributed by atoms with Gasteiger partial charge >= 0.3 is 18.2 Å². The van der Waals surface area contributed by atoms with Crippen molar-refractivity contribution in [2.24, 2.45) is 23.7 Å². The zero-order valence-corrected chi connectivity index (χ0v) is 35.8. The van der Waals surface area contributed by atoms with Gasteiger partial charge in [0.15, 0.2) is 17.7 Å². The normalized spacial score (nSPS) is 36.0. The van der Waals surface area contributed by atoms with Crippen molar-refractivity contribution < 1.29 is 52.8 Å². The Bertz CT molecular complexity index is 1850. The number of alkyl carbamates (subject to hydrolysis) is 2. The van der Waals surface area contributed by atoms with Crippen molar-refractivity contribution in [3.8, 4) is 11.1 Å². The molecule has 3 saturated heterocycles. The number of carbonyl (C=O) groups excluding carboxylic acids is 5. The molecule has 13 atom stereocenters. The van der Waals surface area contributed by atoms with Crippen molar-refractivity contribution in [3.63, 3.8) is 0 Å². The third-order valence-electron chi connectivity index (χ3n) is 12.3. The first-order valence-corrected chi connectivity index (χ1v) is 20.5. The second-order valence-corrected chi connectivity index (χ2v) is 17.0. The summed E-state index contributed by atoms with van der Waals surface area (Å²) in [6.07, 6.45) is -3.14. The molecule has 322 valence electrons. The van der Waals surface area contributed by atoms with Crippen molar-refractivity contribution in [1.82, 2.24) is 15.5 Å². The molecule has 14 heteroatoms. The molecule has 0 saturated carbocycles. The molecule has 0 aromatic heterocycles. The summed E-state index contributed by atoms with van der Waals surface area (Å²) in [6, 6.07) is 16.4. The van der Waals surface area contributed by atoms with E-state index in [1.54, 1.807) is 47.6 Å². The maximum atomic E-state index is 14.4. The Balaban J connectivity index is 1.52. The van der Waals surface area contributed by atoms with Crippen LogP contribution in [0, 0.1) is 23.7 Å². The van der Waals surface area contributed by atoms with Crippen molar-refractivity contribution in [1.29, 1.82) is 0 Å². The summed E-state index contributed by atoms with van der Waals surface area (Å²) >= 11 is 0. The first-order valence-electron chi connectivity index (χ1n) is 20.5. The number of Topliss-reactive ketones (excluding diaryl/α,β-unsaturated/α-hetero) is 2. The summed E-state index contributed by atoms with van der Waals surface area (Å²) < 4.78 is 30.7. The quantitative estimate of drug-likeness (QED) is 0.164. The van der Waals surface area contributed by atoms with Gasteiger partial charge in [0.05, 0.1) is 12.1 Å². The van der Waals surface area contributed by atoms with E-state index in [0.717, 1.165) is 16.7 Å². The Kier molecular flexibility index (Phi) is 14.4. The van der Waals surface area contributed by atoms with Crippen LogP contribution in [-0.2, 0) is 38.1 Å². The zero-order chi connectivity index (χ0) is 43.4. The van der Waals surface area contributed by atoms with Gasteiger partial charge in [0, 0.05) is 30.0 Å². The predicted octanol–water partition coefficient (Wildman–Crippen LogP) is 5.90. The number of fused-ring (bicyclic) bond motifs is 1. The van der Waals surface area contributed by atoms with E-state index in [-0.39, 0.29) is 30.8 Å². The van der Waals surface area contributed by atoms with E-state index in [4.69, 9.17) is 23.7 Å². The molecule has 1 unspecified atom stereocenters. The fourth-order valence-electron chi connectivity index (χ4n) is 8.95.